The second-order valence-corrected chi connectivity index (χ2v) is 5.47. The van der Waals surface area contributed by atoms with Crippen LogP contribution < -0.4 is 0 Å². The molecule has 2 atom stereocenters. The molecule has 18 heavy (non-hydrogen) atoms. The van der Waals surface area contributed by atoms with E-state index in [4.69, 9.17) is 4.74 Å². The smallest absolute Gasteiger partial charge is 0.255 e. The monoisotopic (exact) mass is 312 g/mol. The van der Waals surface area contributed by atoms with Crippen molar-refractivity contribution < 1.29 is 9.53 Å². The summed E-state index contributed by atoms with van der Waals surface area (Å²) in [5.74, 6) is 0.0331. The third kappa shape index (κ3) is 2.90. The lowest BCUT2D eigenvalue weighted by Gasteiger charge is -2.38. The maximum atomic E-state index is 12.5. The van der Waals surface area contributed by atoms with Crippen LogP contribution in [0, 0.1) is 0 Å². The number of ether oxygens (including phenoxy) is 1. The zero-order valence-electron chi connectivity index (χ0n) is 10.6. The molecule has 1 amide bonds. The van der Waals surface area contributed by atoms with Gasteiger partial charge in [0.1, 0.15) is 0 Å². The van der Waals surface area contributed by atoms with E-state index in [-0.39, 0.29) is 18.1 Å². The zero-order valence-corrected chi connectivity index (χ0v) is 12.2. The van der Waals surface area contributed by atoms with Crippen molar-refractivity contribution in [2.45, 2.75) is 32.4 Å². The summed E-state index contributed by atoms with van der Waals surface area (Å²) in [6.45, 7) is 5.32. The molecule has 0 saturated carbocycles. The van der Waals surface area contributed by atoms with E-state index in [1.54, 1.807) is 12.4 Å². The van der Waals surface area contributed by atoms with E-state index in [1.807, 2.05) is 17.9 Å². The fourth-order valence-electron chi connectivity index (χ4n) is 2.13. The van der Waals surface area contributed by atoms with Crippen LogP contribution in [0.1, 0.15) is 30.6 Å². The third-order valence-electron chi connectivity index (χ3n) is 3.15. The van der Waals surface area contributed by atoms with E-state index < -0.39 is 0 Å². The number of carbonyl (C=O) groups is 1. The minimum absolute atomic E-state index is 0.0331. The Balaban J connectivity index is 2.20. The van der Waals surface area contributed by atoms with Gasteiger partial charge in [-0.1, -0.05) is 6.92 Å². The van der Waals surface area contributed by atoms with E-state index in [1.165, 1.54) is 0 Å². The molecule has 2 rings (SSSR count). The number of rotatable bonds is 2. The second-order valence-electron chi connectivity index (χ2n) is 4.56. The van der Waals surface area contributed by atoms with Crippen LogP contribution in [0.15, 0.2) is 22.9 Å². The lowest BCUT2D eigenvalue weighted by Crippen LogP contribution is -2.51. The Labute approximate surface area is 115 Å². The highest BCUT2D eigenvalue weighted by Gasteiger charge is 2.30. The van der Waals surface area contributed by atoms with Gasteiger partial charge in [-0.15, -0.1) is 0 Å². The normalized spacial score (nSPS) is 24.1. The number of aromatic nitrogens is 1. The molecule has 1 aromatic heterocycles. The number of carbonyl (C=O) groups excluding carboxylic acids is 1. The Morgan fingerprint density at radius 2 is 2.39 bits per heavy atom. The van der Waals surface area contributed by atoms with Crippen molar-refractivity contribution in [2.75, 3.05) is 13.2 Å². The number of nitrogens with zero attached hydrogens (tertiary/aromatic N) is 2. The van der Waals surface area contributed by atoms with Gasteiger partial charge in [0, 0.05) is 23.4 Å². The molecular weight excluding hydrogens is 296 g/mol. The number of pyridine rings is 1. The summed E-state index contributed by atoms with van der Waals surface area (Å²) in [6, 6.07) is 1.97. The van der Waals surface area contributed by atoms with Gasteiger partial charge in [-0.2, -0.15) is 0 Å². The first-order valence-electron chi connectivity index (χ1n) is 6.15. The Kier molecular flexibility index (Phi) is 4.35. The predicted octanol–water partition coefficient (Wildman–Crippen LogP) is 2.48. The van der Waals surface area contributed by atoms with Crippen molar-refractivity contribution in [3.8, 4) is 0 Å². The van der Waals surface area contributed by atoms with Crippen LogP contribution in [0.3, 0.4) is 0 Å². The Hall–Kier alpha value is -0.940. The van der Waals surface area contributed by atoms with Gasteiger partial charge in [0.2, 0.25) is 0 Å². The van der Waals surface area contributed by atoms with Crippen molar-refractivity contribution in [2.24, 2.45) is 0 Å². The van der Waals surface area contributed by atoms with Crippen LogP contribution in [0.2, 0.25) is 0 Å². The number of amides is 1. The van der Waals surface area contributed by atoms with Gasteiger partial charge in [0.25, 0.3) is 5.91 Å². The van der Waals surface area contributed by atoms with Crippen LogP contribution >= 0.6 is 15.9 Å². The molecule has 0 spiro atoms. The molecule has 0 aliphatic carbocycles. The first-order valence-corrected chi connectivity index (χ1v) is 6.94. The molecule has 4 nitrogen and oxygen atoms in total. The predicted molar refractivity (Wildman–Crippen MR) is 72.5 cm³/mol. The molecule has 1 aliphatic rings. The Bertz CT molecular complexity index is 439. The summed E-state index contributed by atoms with van der Waals surface area (Å²) in [5.41, 5.74) is 0.622. The summed E-state index contributed by atoms with van der Waals surface area (Å²) in [7, 11) is 0. The van der Waals surface area contributed by atoms with Gasteiger partial charge in [0.15, 0.2) is 0 Å². The van der Waals surface area contributed by atoms with Gasteiger partial charge < -0.3 is 9.64 Å². The van der Waals surface area contributed by atoms with Gasteiger partial charge >= 0.3 is 0 Å². The molecule has 1 saturated heterocycles. The molecule has 0 radical (unpaired) electrons. The van der Waals surface area contributed by atoms with E-state index in [0.29, 0.717) is 18.7 Å². The molecule has 0 aromatic carbocycles. The highest BCUT2D eigenvalue weighted by atomic mass is 79.9. The van der Waals surface area contributed by atoms with Crippen molar-refractivity contribution >= 4 is 21.8 Å². The number of hydrogen-bond acceptors (Lipinski definition) is 3. The third-order valence-corrected chi connectivity index (χ3v) is 3.59. The minimum atomic E-state index is 0.0331. The first-order chi connectivity index (χ1) is 8.61. The zero-order chi connectivity index (χ0) is 13.1. The van der Waals surface area contributed by atoms with Gasteiger partial charge in [-0.05, 0) is 35.3 Å². The SMILES string of the molecule is CCC1COC(C)CN1C(=O)c1cncc(Br)c1. The van der Waals surface area contributed by atoms with Crippen molar-refractivity contribution in [3.63, 3.8) is 0 Å². The molecule has 1 fully saturated rings. The van der Waals surface area contributed by atoms with E-state index in [9.17, 15) is 4.79 Å². The molecular formula is C13H17BrN2O2. The fraction of sp³-hybridized carbons (Fsp3) is 0.538. The van der Waals surface area contributed by atoms with Crippen molar-refractivity contribution in [3.05, 3.63) is 28.5 Å². The maximum Gasteiger partial charge on any atom is 0.255 e. The average Bonchev–Trinajstić information content (AvgIpc) is 2.38. The number of hydrogen-bond donors (Lipinski definition) is 0. The molecule has 0 N–H and O–H groups in total. The number of morpholine rings is 1. The average molecular weight is 313 g/mol. The van der Waals surface area contributed by atoms with Gasteiger partial charge in [-0.25, -0.2) is 0 Å². The summed E-state index contributed by atoms with van der Waals surface area (Å²) in [5, 5.41) is 0. The first kappa shape index (κ1) is 13.5. The maximum absolute atomic E-state index is 12.5. The molecule has 1 aliphatic heterocycles. The summed E-state index contributed by atoms with van der Waals surface area (Å²) in [4.78, 5) is 18.4. The van der Waals surface area contributed by atoms with Crippen LogP contribution in [0.25, 0.3) is 0 Å². The highest BCUT2D eigenvalue weighted by molar-refractivity contribution is 9.10. The Morgan fingerprint density at radius 1 is 1.61 bits per heavy atom. The lowest BCUT2D eigenvalue weighted by atomic mass is 10.1. The standard InChI is InChI=1S/C13H17BrN2O2/c1-3-12-8-18-9(2)7-16(12)13(17)10-4-11(14)6-15-5-10/h4-6,9,12H,3,7-8H2,1-2H3. The molecule has 2 heterocycles. The van der Waals surface area contributed by atoms with E-state index in [2.05, 4.69) is 27.8 Å². The van der Waals surface area contributed by atoms with Crippen molar-refractivity contribution in [1.29, 1.82) is 0 Å². The summed E-state index contributed by atoms with van der Waals surface area (Å²) >= 11 is 3.34. The van der Waals surface area contributed by atoms with E-state index in [0.717, 1.165) is 10.9 Å². The fourth-order valence-corrected chi connectivity index (χ4v) is 2.49. The largest absolute Gasteiger partial charge is 0.375 e. The quantitative estimate of drug-likeness (QED) is 0.842. The van der Waals surface area contributed by atoms with Gasteiger partial charge in [0.05, 0.1) is 24.3 Å². The topological polar surface area (TPSA) is 42.4 Å². The molecule has 98 valence electrons. The molecule has 5 heteroatoms. The summed E-state index contributed by atoms with van der Waals surface area (Å²) in [6.07, 6.45) is 4.28. The highest BCUT2D eigenvalue weighted by Crippen LogP contribution is 2.19. The lowest BCUT2D eigenvalue weighted by molar-refractivity contribution is -0.0444. The molecule has 2 unspecified atom stereocenters. The van der Waals surface area contributed by atoms with Crippen LogP contribution in [0.5, 0.6) is 0 Å². The second kappa shape index (κ2) is 5.80. The van der Waals surface area contributed by atoms with Crippen LogP contribution in [0.4, 0.5) is 0 Å². The van der Waals surface area contributed by atoms with Gasteiger partial charge in [-0.3, -0.25) is 9.78 Å². The minimum Gasteiger partial charge on any atom is -0.375 e. The summed E-state index contributed by atoms with van der Waals surface area (Å²) < 4.78 is 6.42. The molecule has 0 bridgehead atoms. The van der Waals surface area contributed by atoms with Crippen molar-refractivity contribution in [1.82, 2.24) is 9.88 Å². The number of halogens is 1. The molecule has 1 aromatic rings. The van der Waals surface area contributed by atoms with Crippen LogP contribution in [-0.2, 0) is 4.74 Å². The Morgan fingerprint density at radius 3 is 3.06 bits per heavy atom. The van der Waals surface area contributed by atoms with Crippen LogP contribution in [-0.4, -0.2) is 41.1 Å². The van der Waals surface area contributed by atoms with E-state index >= 15 is 0 Å².